The number of aromatic nitrogens is 2. The number of ether oxygens (including phenoxy) is 2. The van der Waals surface area contributed by atoms with Gasteiger partial charge in [-0.1, -0.05) is 31.2 Å². The maximum Gasteiger partial charge on any atom is 0.244 e. The number of benzene rings is 1. The van der Waals surface area contributed by atoms with Crippen molar-refractivity contribution >= 4 is 0 Å². The third kappa shape index (κ3) is 2.56. The van der Waals surface area contributed by atoms with E-state index in [-0.39, 0.29) is 11.8 Å². The molecule has 118 valence electrons. The highest BCUT2D eigenvalue weighted by atomic mass is 16.5. The van der Waals surface area contributed by atoms with Gasteiger partial charge in [-0.2, -0.15) is 5.26 Å². The molecule has 1 aliphatic heterocycles. The minimum Gasteiger partial charge on any atom is -0.420 e. The Balaban J connectivity index is 2.15. The Hall–Kier alpha value is -2.78. The van der Waals surface area contributed by atoms with E-state index in [4.69, 9.17) is 15.2 Å². The van der Waals surface area contributed by atoms with E-state index in [2.05, 4.69) is 35.3 Å². The Morgan fingerprint density at radius 1 is 1.39 bits per heavy atom. The van der Waals surface area contributed by atoms with Gasteiger partial charge in [-0.15, -0.1) is 5.10 Å². The summed E-state index contributed by atoms with van der Waals surface area (Å²) in [5.74, 6) is 0.191. The van der Waals surface area contributed by atoms with Gasteiger partial charge in [0.2, 0.25) is 11.8 Å². The second kappa shape index (κ2) is 6.15. The number of fused-ring (bicyclic) bond motifs is 1. The maximum absolute atomic E-state index is 9.55. The average molecular weight is 310 g/mol. The van der Waals surface area contributed by atoms with Crippen molar-refractivity contribution in [2.24, 2.45) is 5.73 Å². The van der Waals surface area contributed by atoms with Crippen LogP contribution < -0.4 is 10.5 Å². The largest absolute Gasteiger partial charge is 0.420 e. The Morgan fingerprint density at radius 2 is 2.13 bits per heavy atom. The first-order valence-electron chi connectivity index (χ1n) is 7.42. The number of nitrogens with two attached hydrogens (primary N) is 1. The van der Waals surface area contributed by atoms with Crippen LogP contribution in [0.15, 0.2) is 35.7 Å². The van der Waals surface area contributed by atoms with Gasteiger partial charge in [-0.3, -0.25) is 5.10 Å². The van der Waals surface area contributed by atoms with Crippen LogP contribution in [0.4, 0.5) is 0 Å². The Labute approximate surface area is 134 Å². The van der Waals surface area contributed by atoms with E-state index >= 15 is 0 Å². The first-order valence-corrected chi connectivity index (χ1v) is 7.42. The second-order valence-electron chi connectivity index (χ2n) is 5.37. The molecule has 23 heavy (non-hydrogen) atoms. The Morgan fingerprint density at radius 3 is 2.74 bits per heavy atom. The molecule has 1 aliphatic rings. The molecule has 0 radical (unpaired) electrons. The number of nitriles is 1. The standard InChI is InChI=1S/C17H18N4O2/c1-3-10-4-6-11(7-5-10)14-12(8-18)16(19)23-17-15(14)13(9-22-2)20-21-17/h4-7,14H,3,9,19H2,1-2H3,(H,20,21)/t14-/m1/s1. The summed E-state index contributed by atoms with van der Waals surface area (Å²) in [5, 5.41) is 16.6. The highest BCUT2D eigenvalue weighted by Crippen LogP contribution is 2.42. The molecule has 0 aliphatic carbocycles. The minimum atomic E-state index is -0.307. The zero-order valence-corrected chi connectivity index (χ0v) is 13.1. The molecule has 0 unspecified atom stereocenters. The number of hydrogen-bond acceptors (Lipinski definition) is 5. The fourth-order valence-electron chi connectivity index (χ4n) is 2.84. The molecule has 3 rings (SSSR count). The first kappa shape index (κ1) is 15.1. The molecule has 0 spiro atoms. The molecule has 1 atom stereocenters. The third-order valence-electron chi connectivity index (χ3n) is 4.03. The van der Waals surface area contributed by atoms with E-state index in [1.807, 2.05) is 12.1 Å². The van der Waals surface area contributed by atoms with Crippen molar-refractivity contribution in [3.8, 4) is 11.9 Å². The quantitative estimate of drug-likeness (QED) is 0.903. The van der Waals surface area contributed by atoms with Gasteiger partial charge in [0.05, 0.1) is 23.8 Å². The van der Waals surface area contributed by atoms with Gasteiger partial charge in [0.15, 0.2) is 0 Å². The number of H-pyrrole nitrogens is 1. The number of methoxy groups -OCH3 is 1. The second-order valence-corrected chi connectivity index (χ2v) is 5.37. The van der Waals surface area contributed by atoms with Crippen LogP contribution in [0.1, 0.15) is 35.2 Å². The van der Waals surface area contributed by atoms with E-state index < -0.39 is 0 Å². The molecule has 2 heterocycles. The van der Waals surface area contributed by atoms with Gasteiger partial charge >= 0.3 is 0 Å². The number of aryl methyl sites for hydroxylation is 1. The van der Waals surface area contributed by atoms with E-state index in [1.165, 1.54) is 5.56 Å². The lowest BCUT2D eigenvalue weighted by molar-refractivity contribution is 0.180. The molecule has 1 aromatic carbocycles. The predicted octanol–water partition coefficient (Wildman–Crippen LogP) is 2.34. The SMILES string of the molecule is CCc1ccc([C@@H]2C(C#N)=C(N)Oc3n[nH]c(COC)c32)cc1. The van der Waals surface area contributed by atoms with E-state index in [1.54, 1.807) is 7.11 Å². The summed E-state index contributed by atoms with van der Waals surface area (Å²) < 4.78 is 10.7. The number of hydrogen-bond donors (Lipinski definition) is 2. The van der Waals surface area contributed by atoms with Crippen molar-refractivity contribution in [1.82, 2.24) is 10.2 Å². The van der Waals surface area contributed by atoms with Crippen molar-refractivity contribution in [1.29, 1.82) is 5.26 Å². The molecule has 0 fully saturated rings. The number of rotatable bonds is 4. The summed E-state index contributed by atoms with van der Waals surface area (Å²) in [6, 6.07) is 10.3. The number of allylic oxidation sites excluding steroid dienone is 1. The van der Waals surface area contributed by atoms with Crippen LogP contribution in [-0.4, -0.2) is 17.3 Å². The van der Waals surface area contributed by atoms with Crippen molar-refractivity contribution in [2.75, 3.05) is 7.11 Å². The van der Waals surface area contributed by atoms with Crippen LogP contribution in [0.5, 0.6) is 5.88 Å². The first-order chi connectivity index (χ1) is 11.2. The molecule has 0 saturated carbocycles. The lowest BCUT2D eigenvalue weighted by Gasteiger charge is -2.24. The number of nitrogens with zero attached hydrogens (tertiary/aromatic N) is 2. The van der Waals surface area contributed by atoms with Crippen LogP contribution in [0, 0.1) is 11.3 Å². The Kier molecular flexibility index (Phi) is 4.04. The molecule has 3 N–H and O–H groups in total. The maximum atomic E-state index is 9.55. The molecular formula is C17H18N4O2. The predicted molar refractivity (Wildman–Crippen MR) is 84.4 cm³/mol. The van der Waals surface area contributed by atoms with Crippen LogP contribution in [0.25, 0.3) is 0 Å². The number of aromatic amines is 1. The summed E-state index contributed by atoms with van der Waals surface area (Å²) in [7, 11) is 1.61. The van der Waals surface area contributed by atoms with Crippen LogP contribution in [-0.2, 0) is 17.8 Å². The molecular weight excluding hydrogens is 292 g/mol. The van der Waals surface area contributed by atoms with Gasteiger partial charge in [0.1, 0.15) is 11.6 Å². The van der Waals surface area contributed by atoms with Gasteiger partial charge in [-0.25, -0.2) is 0 Å². The smallest absolute Gasteiger partial charge is 0.244 e. The van der Waals surface area contributed by atoms with E-state index in [9.17, 15) is 5.26 Å². The number of nitrogens with one attached hydrogen (secondary N) is 1. The minimum absolute atomic E-state index is 0.0973. The summed E-state index contributed by atoms with van der Waals surface area (Å²) in [6.07, 6.45) is 0.961. The van der Waals surface area contributed by atoms with Gasteiger partial charge in [-0.05, 0) is 17.5 Å². The molecule has 2 aromatic rings. The zero-order valence-electron chi connectivity index (χ0n) is 13.1. The van der Waals surface area contributed by atoms with E-state index in [0.29, 0.717) is 18.1 Å². The van der Waals surface area contributed by atoms with Crippen LogP contribution >= 0.6 is 0 Å². The third-order valence-corrected chi connectivity index (χ3v) is 4.03. The summed E-state index contributed by atoms with van der Waals surface area (Å²) in [5.41, 5.74) is 10.1. The van der Waals surface area contributed by atoms with Crippen LogP contribution in [0.2, 0.25) is 0 Å². The fourth-order valence-corrected chi connectivity index (χ4v) is 2.84. The van der Waals surface area contributed by atoms with Crippen molar-refractivity contribution < 1.29 is 9.47 Å². The Bertz CT molecular complexity index is 784. The van der Waals surface area contributed by atoms with E-state index in [0.717, 1.165) is 23.2 Å². The molecule has 1 aromatic heterocycles. The normalized spacial score (nSPS) is 16.7. The van der Waals surface area contributed by atoms with Crippen LogP contribution in [0.3, 0.4) is 0 Å². The monoisotopic (exact) mass is 310 g/mol. The summed E-state index contributed by atoms with van der Waals surface area (Å²) >= 11 is 0. The lowest BCUT2D eigenvalue weighted by Crippen LogP contribution is -2.21. The van der Waals surface area contributed by atoms with Gasteiger partial charge < -0.3 is 15.2 Å². The van der Waals surface area contributed by atoms with Crippen molar-refractivity contribution in [3.05, 3.63) is 58.1 Å². The zero-order chi connectivity index (χ0) is 16.4. The lowest BCUT2D eigenvalue weighted by atomic mass is 9.83. The van der Waals surface area contributed by atoms with Crippen molar-refractivity contribution in [3.63, 3.8) is 0 Å². The molecule has 0 saturated heterocycles. The topological polar surface area (TPSA) is 97.0 Å². The highest BCUT2D eigenvalue weighted by molar-refractivity contribution is 5.55. The molecule has 6 heteroatoms. The fraction of sp³-hybridized carbons (Fsp3) is 0.294. The van der Waals surface area contributed by atoms with Crippen molar-refractivity contribution in [2.45, 2.75) is 25.9 Å². The van der Waals surface area contributed by atoms with Gasteiger partial charge in [0.25, 0.3) is 0 Å². The summed E-state index contributed by atoms with van der Waals surface area (Å²) in [4.78, 5) is 0. The molecule has 0 amide bonds. The summed E-state index contributed by atoms with van der Waals surface area (Å²) in [6.45, 7) is 2.46. The molecule has 0 bridgehead atoms. The highest BCUT2D eigenvalue weighted by Gasteiger charge is 2.35. The molecule has 6 nitrogen and oxygen atoms in total. The average Bonchev–Trinajstić information content (AvgIpc) is 2.96. The van der Waals surface area contributed by atoms with Gasteiger partial charge in [0, 0.05) is 7.11 Å².